The molecular weight excluding hydrogens is 356 g/mol. The summed E-state index contributed by atoms with van der Waals surface area (Å²) >= 11 is 6.99. The Kier molecular flexibility index (Phi) is 5.22. The van der Waals surface area contributed by atoms with Crippen LogP contribution in [0, 0.1) is 11.8 Å². The summed E-state index contributed by atoms with van der Waals surface area (Å²) in [6.07, 6.45) is 5.83. The minimum atomic E-state index is 0.646. The van der Waals surface area contributed by atoms with Crippen molar-refractivity contribution in [1.29, 1.82) is 0 Å². The maximum atomic E-state index is 4.45. The summed E-state index contributed by atoms with van der Waals surface area (Å²) in [5, 5.41) is 3.66. The summed E-state index contributed by atoms with van der Waals surface area (Å²) in [5.41, 5.74) is 1.09. The van der Waals surface area contributed by atoms with E-state index in [9.17, 15) is 0 Å². The highest BCUT2D eigenvalue weighted by Crippen LogP contribution is 2.34. The Hall–Kier alpha value is 0.0700. The summed E-state index contributed by atoms with van der Waals surface area (Å²) in [5.74, 6) is 1.67. The largest absolute Gasteiger partial charge is 0.308 e. The van der Waals surface area contributed by atoms with Gasteiger partial charge in [0.1, 0.15) is 0 Å². The van der Waals surface area contributed by atoms with Gasteiger partial charge in [-0.3, -0.25) is 4.98 Å². The van der Waals surface area contributed by atoms with Gasteiger partial charge in [-0.05, 0) is 62.6 Å². The first-order valence-corrected chi connectivity index (χ1v) is 8.23. The van der Waals surface area contributed by atoms with E-state index < -0.39 is 0 Å². The fourth-order valence-corrected chi connectivity index (χ4v) is 4.04. The van der Waals surface area contributed by atoms with E-state index in [0.29, 0.717) is 6.04 Å². The van der Waals surface area contributed by atoms with E-state index in [1.54, 1.807) is 0 Å². The first-order chi connectivity index (χ1) is 8.61. The molecule has 0 saturated heterocycles. The number of nitrogens with one attached hydrogen (secondary N) is 1. The zero-order valence-corrected chi connectivity index (χ0v) is 14.1. The molecule has 0 spiro atoms. The number of pyridine rings is 1. The minimum Gasteiger partial charge on any atom is -0.308 e. The molecule has 100 valence electrons. The van der Waals surface area contributed by atoms with Crippen LogP contribution in [-0.4, -0.2) is 11.0 Å². The Morgan fingerprint density at radius 3 is 2.78 bits per heavy atom. The van der Waals surface area contributed by atoms with Gasteiger partial charge < -0.3 is 5.32 Å². The standard InChI is InChI=1S/C14H20Br2N2/c1-3-10-4-5-13(9(10)2)18-8-14-12(16)6-11(15)7-17-14/h6-7,9-10,13,18H,3-5,8H2,1-2H3. The van der Waals surface area contributed by atoms with Crippen LogP contribution in [0.3, 0.4) is 0 Å². The predicted octanol–water partition coefficient (Wildman–Crippen LogP) is 4.52. The van der Waals surface area contributed by atoms with Crippen LogP contribution in [0.2, 0.25) is 0 Å². The molecule has 1 aliphatic rings. The Balaban J connectivity index is 1.92. The average Bonchev–Trinajstić information content (AvgIpc) is 2.69. The first kappa shape index (κ1) is 14.5. The van der Waals surface area contributed by atoms with Crippen LogP contribution in [-0.2, 0) is 6.54 Å². The molecule has 1 fully saturated rings. The van der Waals surface area contributed by atoms with Gasteiger partial charge in [0.15, 0.2) is 0 Å². The Bertz CT molecular complexity index is 409. The maximum absolute atomic E-state index is 4.45. The van der Waals surface area contributed by atoms with Gasteiger partial charge in [-0.1, -0.05) is 20.3 Å². The first-order valence-electron chi connectivity index (χ1n) is 6.65. The van der Waals surface area contributed by atoms with Gasteiger partial charge in [-0.2, -0.15) is 0 Å². The molecule has 3 unspecified atom stereocenters. The van der Waals surface area contributed by atoms with E-state index in [-0.39, 0.29) is 0 Å². The number of aromatic nitrogens is 1. The Morgan fingerprint density at radius 1 is 1.39 bits per heavy atom. The van der Waals surface area contributed by atoms with Gasteiger partial charge in [0.25, 0.3) is 0 Å². The lowest BCUT2D eigenvalue weighted by molar-refractivity contribution is 0.343. The predicted molar refractivity (Wildman–Crippen MR) is 82.4 cm³/mol. The van der Waals surface area contributed by atoms with E-state index >= 15 is 0 Å². The lowest BCUT2D eigenvalue weighted by Crippen LogP contribution is -2.32. The highest BCUT2D eigenvalue weighted by molar-refractivity contribution is 9.11. The third-order valence-electron chi connectivity index (χ3n) is 4.17. The normalized spacial score (nSPS) is 27.7. The molecule has 1 aromatic rings. The van der Waals surface area contributed by atoms with Crippen molar-refractivity contribution in [3.63, 3.8) is 0 Å². The van der Waals surface area contributed by atoms with E-state index in [2.05, 4.69) is 62.1 Å². The van der Waals surface area contributed by atoms with Gasteiger partial charge in [0.05, 0.1) is 5.69 Å². The number of halogens is 2. The third-order valence-corrected chi connectivity index (χ3v) is 5.29. The molecule has 2 nitrogen and oxygen atoms in total. The lowest BCUT2D eigenvalue weighted by atomic mass is 9.93. The molecule has 0 bridgehead atoms. The van der Waals surface area contributed by atoms with Gasteiger partial charge >= 0.3 is 0 Å². The van der Waals surface area contributed by atoms with Gasteiger partial charge in [-0.25, -0.2) is 0 Å². The summed E-state index contributed by atoms with van der Waals surface area (Å²) in [6.45, 7) is 5.53. The fourth-order valence-electron chi connectivity index (χ4n) is 2.91. The van der Waals surface area contributed by atoms with Crippen molar-refractivity contribution in [2.24, 2.45) is 11.8 Å². The van der Waals surface area contributed by atoms with Crippen LogP contribution in [0.25, 0.3) is 0 Å². The summed E-state index contributed by atoms with van der Waals surface area (Å²) in [6, 6.07) is 2.70. The van der Waals surface area contributed by atoms with Crippen LogP contribution in [0.5, 0.6) is 0 Å². The van der Waals surface area contributed by atoms with Crippen molar-refractivity contribution in [2.75, 3.05) is 0 Å². The molecule has 4 heteroatoms. The zero-order valence-electron chi connectivity index (χ0n) is 10.9. The zero-order chi connectivity index (χ0) is 13.1. The van der Waals surface area contributed by atoms with E-state index in [1.807, 2.05) is 6.20 Å². The smallest absolute Gasteiger partial charge is 0.0684 e. The Morgan fingerprint density at radius 2 is 2.17 bits per heavy atom. The summed E-state index contributed by atoms with van der Waals surface area (Å²) < 4.78 is 2.08. The molecule has 2 rings (SSSR count). The van der Waals surface area contributed by atoms with Crippen molar-refractivity contribution in [2.45, 2.75) is 45.7 Å². The van der Waals surface area contributed by atoms with Crippen molar-refractivity contribution in [3.05, 3.63) is 26.9 Å². The SMILES string of the molecule is CCC1CCC(NCc2ncc(Br)cc2Br)C1C. The number of hydrogen-bond acceptors (Lipinski definition) is 2. The maximum Gasteiger partial charge on any atom is 0.0684 e. The minimum absolute atomic E-state index is 0.646. The van der Waals surface area contributed by atoms with Gasteiger partial charge in [0, 0.05) is 27.7 Å². The van der Waals surface area contributed by atoms with Crippen LogP contribution in [0.1, 0.15) is 38.8 Å². The molecule has 1 aromatic heterocycles. The highest BCUT2D eigenvalue weighted by atomic mass is 79.9. The van der Waals surface area contributed by atoms with Gasteiger partial charge in [-0.15, -0.1) is 0 Å². The molecule has 0 aliphatic heterocycles. The molecule has 1 heterocycles. The number of nitrogens with zero attached hydrogens (tertiary/aromatic N) is 1. The molecular formula is C14H20Br2N2. The van der Waals surface area contributed by atoms with Gasteiger partial charge in [0.2, 0.25) is 0 Å². The average molecular weight is 376 g/mol. The van der Waals surface area contributed by atoms with Crippen LogP contribution in [0.15, 0.2) is 21.2 Å². The molecule has 0 amide bonds. The molecule has 0 aromatic carbocycles. The van der Waals surface area contributed by atoms with Crippen LogP contribution < -0.4 is 5.32 Å². The molecule has 1 N–H and O–H groups in total. The second-order valence-electron chi connectivity index (χ2n) is 5.17. The van der Waals surface area contributed by atoms with Crippen LogP contribution in [0.4, 0.5) is 0 Å². The fraction of sp³-hybridized carbons (Fsp3) is 0.643. The van der Waals surface area contributed by atoms with E-state index in [4.69, 9.17) is 0 Å². The molecule has 3 atom stereocenters. The quantitative estimate of drug-likeness (QED) is 0.836. The molecule has 18 heavy (non-hydrogen) atoms. The topological polar surface area (TPSA) is 24.9 Å². The molecule has 1 saturated carbocycles. The summed E-state index contributed by atoms with van der Waals surface area (Å²) in [7, 11) is 0. The second kappa shape index (κ2) is 6.49. The molecule has 0 radical (unpaired) electrons. The number of rotatable bonds is 4. The van der Waals surface area contributed by atoms with Crippen molar-refractivity contribution < 1.29 is 0 Å². The van der Waals surface area contributed by atoms with Crippen molar-refractivity contribution in [3.8, 4) is 0 Å². The second-order valence-corrected chi connectivity index (χ2v) is 6.94. The lowest BCUT2D eigenvalue weighted by Gasteiger charge is -2.21. The Labute approximate surface area is 126 Å². The molecule has 1 aliphatic carbocycles. The van der Waals surface area contributed by atoms with E-state index in [1.165, 1.54) is 19.3 Å². The third kappa shape index (κ3) is 3.34. The number of hydrogen-bond donors (Lipinski definition) is 1. The monoisotopic (exact) mass is 374 g/mol. The highest BCUT2D eigenvalue weighted by Gasteiger charge is 2.31. The van der Waals surface area contributed by atoms with E-state index in [0.717, 1.165) is 33.0 Å². The van der Waals surface area contributed by atoms with Crippen molar-refractivity contribution in [1.82, 2.24) is 10.3 Å². The summed E-state index contributed by atoms with van der Waals surface area (Å²) in [4.78, 5) is 4.45. The van der Waals surface area contributed by atoms with Crippen molar-refractivity contribution >= 4 is 31.9 Å². The van der Waals surface area contributed by atoms with Crippen LogP contribution >= 0.6 is 31.9 Å².